The summed E-state index contributed by atoms with van der Waals surface area (Å²) in [6, 6.07) is 0. The smallest absolute Gasteiger partial charge is 0.308 e. The number of carbonyl (C=O) groups is 2. The van der Waals surface area contributed by atoms with Gasteiger partial charge in [0.25, 0.3) is 0 Å². The molecule has 0 aromatic rings. The molecule has 0 aromatic heterocycles. The quantitative estimate of drug-likeness (QED) is 0.457. The van der Waals surface area contributed by atoms with E-state index in [1.54, 1.807) is 19.9 Å². The number of rotatable bonds is 4. The number of hydrogen-bond acceptors (Lipinski definition) is 8. The summed E-state index contributed by atoms with van der Waals surface area (Å²) >= 11 is 0. The highest BCUT2D eigenvalue weighted by Gasteiger charge is 2.45. The van der Waals surface area contributed by atoms with Crippen LogP contribution in [0.3, 0.4) is 0 Å². The van der Waals surface area contributed by atoms with Gasteiger partial charge in [-0.25, -0.2) is 0 Å². The molecule has 2 heterocycles. The molecular weight excluding hydrogens is 488 g/mol. The third-order valence-electron chi connectivity index (χ3n) is 8.28. The second-order valence-electron chi connectivity index (χ2n) is 11.8. The van der Waals surface area contributed by atoms with Crippen LogP contribution in [0.5, 0.6) is 0 Å². The van der Waals surface area contributed by atoms with E-state index in [1.165, 1.54) is 0 Å². The van der Waals surface area contributed by atoms with Gasteiger partial charge in [-0.1, -0.05) is 58.8 Å². The fraction of sp³-hybridized carbons (Fsp3) is 0.800. The van der Waals surface area contributed by atoms with E-state index >= 15 is 0 Å². The van der Waals surface area contributed by atoms with E-state index in [1.807, 2.05) is 53.7 Å². The minimum Gasteiger partial charge on any atom is -0.462 e. The van der Waals surface area contributed by atoms with Crippen molar-refractivity contribution < 1.29 is 39.1 Å². The van der Waals surface area contributed by atoms with Crippen molar-refractivity contribution >= 4 is 11.8 Å². The molecular formula is C30H50O8. The fourth-order valence-electron chi connectivity index (χ4n) is 5.66. The van der Waals surface area contributed by atoms with Crippen molar-refractivity contribution in [1.82, 2.24) is 0 Å². The number of esters is 1. The SMILES string of the molecule is CC[C@H]1C[C@@H](C)C(=O)/C=C/C(C)=C/[C@@H](C)[C@@H](CC)OC(=O)C[C@@H](O)[C@H](C)[C@H]1O[C@H]1C[C@@](C)(O)[C@@H](O)[C@H](C)O1. The number of hydrogen-bond donors (Lipinski definition) is 3. The summed E-state index contributed by atoms with van der Waals surface area (Å²) < 4.78 is 18.1. The van der Waals surface area contributed by atoms with E-state index in [2.05, 4.69) is 0 Å². The maximum Gasteiger partial charge on any atom is 0.308 e. The van der Waals surface area contributed by atoms with Gasteiger partial charge in [-0.3, -0.25) is 9.59 Å². The van der Waals surface area contributed by atoms with Crippen LogP contribution < -0.4 is 0 Å². The van der Waals surface area contributed by atoms with Gasteiger partial charge in [-0.15, -0.1) is 0 Å². The number of ketones is 1. The van der Waals surface area contributed by atoms with E-state index in [0.29, 0.717) is 19.3 Å². The van der Waals surface area contributed by atoms with Crippen molar-refractivity contribution in [3.63, 3.8) is 0 Å². The molecule has 0 aromatic carbocycles. The Hall–Kier alpha value is -1.58. The highest BCUT2D eigenvalue weighted by Crippen LogP contribution is 2.35. The molecule has 0 bridgehead atoms. The van der Waals surface area contributed by atoms with Crippen molar-refractivity contribution in [3.05, 3.63) is 23.8 Å². The van der Waals surface area contributed by atoms with Crippen LogP contribution in [0.15, 0.2) is 23.8 Å². The standard InChI is InChI=1S/C30H50O8/c1-9-22-14-18(4)23(31)12-11-17(3)13-19(5)25(10-2)37-26(33)15-24(32)20(6)28(22)38-27-16-30(8,35)29(34)21(7)36-27/h11-13,18-22,24-25,27-29,32,34-35H,9-10,14-16H2,1-8H3/b12-11+,17-13+/t18-,19-,20+,21+,22+,24-,25-,27+,28-,29+,30-/m1/s1. The van der Waals surface area contributed by atoms with Crippen LogP contribution in [0.25, 0.3) is 0 Å². The zero-order valence-electron chi connectivity index (χ0n) is 24.4. The van der Waals surface area contributed by atoms with E-state index in [9.17, 15) is 24.9 Å². The molecule has 8 heteroatoms. The van der Waals surface area contributed by atoms with Gasteiger partial charge in [0.2, 0.25) is 0 Å². The van der Waals surface area contributed by atoms with Gasteiger partial charge in [-0.05, 0) is 45.6 Å². The number of ether oxygens (including phenoxy) is 3. The molecule has 2 aliphatic heterocycles. The van der Waals surface area contributed by atoms with Crippen molar-refractivity contribution in [2.75, 3.05) is 0 Å². The lowest BCUT2D eigenvalue weighted by Gasteiger charge is -2.44. The molecule has 2 aliphatic rings. The summed E-state index contributed by atoms with van der Waals surface area (Å²) in [5.74, 6) is -1.43. The van der Waals surface area contributed by atoms with Crippen LogP contribution in [0, 0.1) is 23.7 Å². The molecule has 0 saturated carbocycles. The zero-order chi connectivity index (χ0) is 28.8. The Labute approximate surface area is 228 Å². The van der Waals surface area contributed by atoms with Crippen molar-refractivity contribution in [2.24, 2.45) is 23.7 Å². The van der Waals surface area contributed by atoms with E-state index < -0.39 is 48.2 Å². The molecule has 0 unspecified atom stereocenters. The summed E-state index contributed by atoms with van der Waals surface area (Å²) in [6.45, 7) is 14.8. The lowest BCUT2D eigenvalue weighted by atomic mass is 9.79. The molecule has 2 rings (SSSR count). The van der Waals surface area contributed by atoms with Gasteiger partial charge in [0.15, 0.2) is 12.1 Å². The highest BCUT2D eigenvalue weighted by atomic mass is 16.7. The first-order chi connectivity index (χ1) is 17.7. The third kappa shape index (κ3) is 8.71. The normalized spacial score (nSPS) is 44.7. The van der Waals surface area contributed by atoms with Crippen LogP contribution in [0.4, 0.5) is 0 Å². The summed E-state index contributed by atoms with van der Waals surface area (Å²) in [4.78, 5) is 25.9. The van der Waals surface area contributed by atoms with E-state index in [-0.39, 0.29) is 42.5 Å². The monoisotopic (exact) mass is 538 g/mol. The van der Waals surface area contributed by atoms with Crippen molar-refractivity contribution in [1.29, 1.82) is 0 Å². The molecule has 38 heavy (non-hydrogen) atoms. The van der Waals surface area contributed by atoms with Gasteiger partial charge in [-0.2, -0.15) is 0 Å². The Balaban J connectivity index is 2.41. The molecule has 1 fully saturated rings. The molecule has 11 atom stereocenters. The van der Waals surface area contributed by atoms with Crippen LogP contribution in [0.2, 0.25) is 0 Å². The molecule has 0 amide bonds. The van der Waals surface area contributed by atoms with Crippen LogP contribution in [-0.2, 0) is 23.8 Å². The minimum absolute atomic E-state index is 0.00922. The number of cyclic esters (lactones) is 1. The lowest BCUT2D eigenvalue weighted by Crippen LogP contribution is -2.56. The molecule has 0 spiro atoms. The van der Waals surface area contributed by atoms with Crippen LogP contribution in [0.1, 0.15) is 87.5 Å². The van der Waals surface area contributed by atoms with Gasteiger partial charge in [0.05, 0.1) is 30.3 Å². The maximum absolute atomic E-state index is 13.0. The average Bonchev–Trinajstić information content (AvgIpc) is 2.84. The Bertz CT molecular complexity index is 849. The van der Waals surface area contributed by atoms with Crippen LogP contribution in [-0.4, -0.2) is 69.5 Å². The maximum atomic E-state index is 13.0. The van der Waals surface area contributed by atoms with Gasteiger partial charge in [0, 0.05) is 24.2 Å². The number of carbonyl (C=O) groups excluding carboxylic acids is 2. The minimum atomic E-state index is -1.40. The predicted molar refractivity (Wildman–Crippen MR) is 145 cm³/mol. The second kappa shape index (κ2) is 14.2. The van der Waals surface area contributed by atoms with E-state index in [0.717, 1.165) is 5.57 Å². The summed E-state index contributed by atoms with van der Waals surface area (Å²) in [6.07, 6.45) is 2.59. The lowest BCUT2D eigenvalue weighted by molar-refractivity contribution is -0.294. The predicted octanol–water partition coefficient (Wildman–Crippen LogP) is 4.10. The summed E-state index contributed by atoms with van der Waals surface area (Å²) in [5.41, 5.74) is -0.487. The average molecular weight is 539 g/mol. The van der Waals surface area contributed by atoms with Crippen LogP contribution >= 0.6 is 0 Å². The Morgan fingerprint density at radius 3 is 2.32 bits per heavy atom. The molecule has 218 valence electrons. The van der Waals surface area contributed by atoms with Gasteiger partial charge >= 0.3 is 5.97 Å². The number of aliphatic hydroxyl groups is 3. The molecule has 3 N–H and O–H groups in total. The number of allylic oxidation sites excluding steroid dienone is 3. The Kier molecular flexibility index (Phi) is 12.2. The first-order valence-electron chi connectivity index (χ1n) is 14.2. The van der Waals surface area contributed by atoms with Crippen molar-refractivity contribution in [3.8, 4) is 0 Å². The molecule has 1 saturated heterocycles. The first-order valence-corrected chi connectivity index (χ1v) is 14.2. The topological polar surface area (TPSA) is 123 Å². The Morgan fingerprint density at radius 1 is 1.08 bits per heavy atom. The fourth-order valence-corrected chi connectivity index (χ4v) is 5.66. The summed E-state index contributed by atoms with van der Waals surface area (Å²) in [7, 11) is 0. The third-order valence-corrected chi connectivity index (χ3v) is 8.28. The summed E-state index contributed by atoms with van der Waals surface area (Å²) in [5, 5.41) is 32.2. The molecule has 0 radical (unpaired) electrons. The van der Waals surface area contributed by atoms with Gasteiger partial charge < -0.3 is 29.5 Å². The highest BCUT2D eigenvalue weighted by molar-refractivity contribution is 5.91. The second-order valence-corrected chi connectivity index (χ2v) is 11.8. The van der Waals surface area contributed by atoms with Crippen molar-refractivity contribution in [2.45, 2.75) is 130 Å². The zero-order valence-corrected chi connectivity index (χ0v) is 24.4. The number of aliphatic hydroxyl groups excluding tert-OH is 2. The first kappa shape index (κ1) is 32.6. The van der Waals surface area contributed by atoms with E-state index in [4.69, 9.17) is 14.2 Å². The molecule has 8 nitrogen and oxygen atoms in total. The van der Waals surface area contributed by atoms with Gasteiger partial charge in [0.1, 0.15) is 12.2 Å². The Morgan fingerprint density at radius 2 is 1.74 bits per heavy atom. The molecule has 0 aliphatic carbocycles. The largest absolute Gasteiger partial charge is 0.462 e.